The number of cyclic esters (lactones) is 1. The summed E-state index contributed by atoms with van der Waals surface area (Å²) in [5.74, 6) is -2.52. The zero-order chi connectivity index (χ0) is 23.7. The summed E-state index contributed by atoms with van der Waals surface area (Å²) in [7, 11) is 1.60. The minimum Gasteiger partial charge on any atom is -0.447 e. The predicted octanol–water partition coefficient (Wildman–Crippen LogP) is -0.333. The van der Waals surface area contributed by atoms with Crippen molar-refractivity contribution in [3.05, 3.63) is 23.1 Å². The van der Waals surface area contributed by atoms with Crippen molar-refractivity contribution in [1.82, 2.24) is 20.1 Å². The van der Waals surface area contributed by atoms with Crippen LogP contribution >= 0.6 is 0 Å². The summed E-state index contributed by atoms with van der Waals surface area (Å²) in [5.41, 5.74) is 6.03. The van der Waals surface area contributed by atoms with Gasteiger partial charge in [0.25, 0.3) is 0 Å². The quantitative estimate of drug-likeness (QED) is 0.478. The number of alkyl halides is 1. The molecular weight excluding hydrogens is 442 g/mol. The Morgan fingerprint density at radius 3 is 2.91 bits per heavy atom. The van der Waals surface area contributed by atoms with E-state index < -0.39 is 42.2 Å². The Balaban J connectivity index is 1.56. The molecule has 4 N–H and O–H groups in total. The van der Waals surface area contributed by atoms with E-state index in [4.69, 9.17) is 10.5 Å². The number of halogens is 2. The van der Waals surface area contributed by atoms with Crippen LogP contribution in [0.1, 0.15) is 0 Å². The summed E-state index contributed by atoms with van der Waals surface area (Å²) in [6, 6.07) is -0.239. The molecule has 2 amide bonds. The van der Waals surface area contributed by atoms with Crippen molar-refractivity contribution in [2.75, 3.05) is 56.6 Å². The van der Waals surface area contributed by atoms with Crippen LogP contribution in [-0.4, -0.2) is 97.7 Å². The highest BCUT2D eigenvalue weighted by Crippen LogP contribution is 2.32. The number of nitrogens with one attached hydrogen (secondary N) is 2. The molecule has 1 aromatic rings. The van der Waals surface area contributed by atoms with E-state index >= 15 is 0 Å². The number of hydrogen-bond donors (Lipinski definition) is 3. The number of anilines is 2. The third-order valence-corrected chi connectivity index (χ3v) is 6.21. The van der Waals surface area contributed by atoms with Gasteiger partial charge in [0.1, 0.15) is 24.4 Å². The number of rotatable bonds is 6. The molecule has 3 saturated heterocycles. The molecule has 33 heavy (non-hydrogen) atoms. The van der Waals surface area contributed by atoms with Crippen molar-refractivity contribution in [3.8, 4) is 0 Å². The van der Waals surface area contributed by atoms with Crippen molar-refractivity contribution < 1.29 is 23.1 Å². The van der Waals surface area contributed by atoms with Crippen LogP contribution in [0.15, 0.2) is 17.6 Å². The normalized spacial score (nSPS) is 27.5. The first kappa shape index (κ1) is 23.2. The molecule has 12 nitrogen and oxygen atoms in total. The van der Waals surface area contributed by atoms with Crippen LogP contribution in [0.2, 0.25) is 0 Å². The molecule has 4 rings (SSSR count). The predicted molar refractivity (Wildman–Crippen MR) is 113 cm³/mol. The largest absolute Gasteiger partial charge is 0.447 e. The minimum absolute atomic E-state index is 0.0103. The van der Waals surface area contributed by atoms with Crippen molar-refractivity contribution >= 4 is 23.4 Å². The standard InChI is InChI=1S/C19H26F2N8O4/c1-27-7-10(20)4-24-17(27)14(16(22)26-32)18(30)25-13-6-23-5-12(21)15(13)28-2-3-29-11(8-28)9-33-19(29)31/h5-6,10-11,14,16-17,24H,2-4,7-9,22H2,1H3,(H,25,30)/t10?,11-,14?,16?,17?/m0/s1. The number of fused-ring (bicyclic) bond motifs is 1. The molecular formula is C19H26F2N8O4. The van der Waals surface area contributed by atoms with Gasteiger partial charge >= 0.3 is 6.09 Å². The molecule has 4 unspecified atom stereocenters. The number of nitrogens with two attached hydrogens (primary N) is 1. The lowest BCUT2D eigenvalue weighted by molar-refractivity contribution is -0.124. The average Bonchev–Trinajstić information content (AvgIpc) is 3.15. The molecule has 0 spiro atoms. The molecule has 1 aromatic heterocycles. The van der Waals surface area contributed by atoms with Crippen LogP contribution in [-0.2, 0) is 9.53 Å². The molecule has 5 atom stereocenters. The number of nitroso groups, excluding NO2 is 1. The second-order valence-corrected chi connectivity index (χ2v) is 8.39. The number of aromatic nitrogens is 1. The van der Waals surface area contributed by atoms with E-state index in [0.717, 1.165) is 6.20 Å². The zero-order valence-corrected chi connectivity index (χ0v) is 18.0. The van der Waals surface area contributed by atoms with Gasteiger partial charge in [-0.1, -0.05) is 5.18 Å². The third kappa shape index (κ3) is 4.58. The van der Waals surface area contributed by atoms with Crippen LogP contribution in [0.3, 0.4) is 0 Å². The SMILES string of the molecule is CN1CC(F)CNC1C(C(=O)Nc1cncc(F)c1N1CCN2C(=O)OC[C@@H]2C1)C(N)N=O. The first-order valence-electron chi connectivity index (χ1n) is 10.6. The highest BCUT2D eigenvalue weighted by molar-refractivity contribution is 5.96. The fourth-order valence-electron chi connectivity index (χ4n) is 4.60. The van der Waals surface area contributed by atoms with Gasteiger partial charge in [-0.15, -0.1) is 4.91 Å². The highest BCUT2D eigenvalue weighted by atomic mass is 19.1. The molecule has 3 aliphatic heterocycles. The van der Waals surface area contributed by atoms with Crippen LogP contribution in [0.4, 0.5) is 25.0 Å². The summed E-state index contributed by atoms with van der Waals surface area (Å²) in [6.07, 6.45) is -1.38. The molecule has 14 heteroatoms. The molecule has 0 saturated carbocycles. The lowest BCUT2D eigenvalue weighted by Gasteiger charge is -2.40. The molecule has 0 aromatic carbocycles. The number of piperazine rings is 1. The number of carbonyl (C=O) groups is 2. The van der Waals surface area contributed by atoms with Gasteiger partial charge in [0.05, 0.1) is 30.3 Å². The van der Waals surface area contributed by atoms with Gasteiger partial charge in [-0.05, 0) is 7.05 Å². The monoisotopic (exact) mass is 468 g/mol. The van der Waals surface area contributed by atoms with E-state index in [0.29, 0.717) is 19.6 Å². The van der Waals surface area contributed by atoms with Crippen molar-refractivity contribution in [3.63, 3.8) is 0 Å². The lowest BCUT2D eigenvalue weighted by Crippen LogP contribution is -2.62. The molecule has 0 aliphatic carbocycles. The number of amides is 2. The summed E-state index contributed by atoms with van der Waals surface area (Å²) >= 11 is 0. The van der Waals surface area contributed by atoms with Gasteiger partial charge in [0.15, 0.2) is 12.0 Å². The Bertz CT molecular complexity index is 924. The lowest BCUT2D eigenvalue weighted by atomic mass is 9.98. The maximum Gasteiger partial charge on any atom is 0.410 e. The van der Waals surface area contributed by atoms with E-state index in [9.17, 15) is 23.3 Å². The summed E-state index contributed by atoms with van der Waals surface area (Å²) < 4.78 is 33.6. The molecule has 180 valence electrons. The topological polar surface area (TPSA) is 145 Å². The van der Waals surface area contributed by atoms with E-state index in [1.54, 1.807) is 21.7 Å². The van der Waals surface area contributed by atoms with Gasteiger partial charge in [0.2, 0.25) is 5.91 Å². The fourth-order valence-corrected chi connectivity index (χ4v) is 4.60. The zero-order valence-electron chi connectivity index (χ0n) is 18.0. The van der Waals surface area contributed by atoms with Gasteiger partial charge in [-0.2, -0.15) is 0 Å². The van der Waals surface area contributed by atoms with E-state index in [1.165, 1.54) is 6.20 Å². The van der Waals surface area contributed by atoms with Crippen molar-refractivity contribution in [2.24, 2.45) is 16.8 Å². The Kier molecular flexibility index (Phi) is 6.67. The summed E-state index contributed by atoms with van der Waals surface area (Å²) in [4.78, 5) is 44.9. The van der Waals surface area contributed by atoms with E-state index in [1.807, 2.05) is 0 Å². The number of ether oxygens (including phenoxy) is 1. The Hall–Kier alpha value is -2.97. The highest BCUT2D eigenvalue weighted by Gasteiger charge is 2.41. The van der Waals surface area contributed by atoms with E-state index in [-0.39, 0.29) is 37.1 Å². The van der Waals surface area contributed by atoms with Gasteiger partial charge in [-0.3, -0.25) is 24.9 Å². The maximum absolute atomic E-state index is 14.9. The van der Waals surface area contributed by atoms with Crippen LogP contribution < -0.4 is 21.3 Å². The molecule has 0 radical (unpaired) electrons. The second-order valence-electron chi connectivity index (χ2n) is 8.39. The van der Waals surface area contributed by atoms with Crippen LogP contribution in [0.5, 0.6) is 0 Å². The van der Waals surface area contributed by atoms with Gasteiger partial charge in [-0.25, -0.2) is 13.6 Å². The fraction of sp³-hybridized carbons (Fsp3) is 0.632. The molecule has 3 aliphatic rings. The number of nitrogens with zero attached hydrogens (tertiary/aromatic N) is 5. The van der Waals surface area contributed by atoms with Crippen molar-refractivity contribution in [2.45, 2.75) is 24.5 Å². The molecule has 4 heterocycles. The summed E-state index contributed by atoms with van der Waals surface area (Å²) in [5, 5.41) is 8.31. The molecule has 0 bridgehead atoms. The van der Waals surface area contributed by atoms with E-state index in [2.05, 4.69) is 20.8 Å². The number of hydrogen-bond acceptors (Lipinski definition) is 10. The van der Waals surface area contributed by atoms with Gasteiger partial charge < -0.3 is 20.7 Å². The van der Waals surface area contributed by atoms with Crippen LogP contribution in [0.25, 0.3) is 0 Å². The maximum atomic E-state index is 14.9. The first-order chi connectivity index (χ1) is 15.8. The summed E-state index contributed by atoms with van der Waals surface area (Å²) in [6.45, 7) is 1.19. The average molecular weight is 468 g/mol. The smallest absolute Gasteiger partial charge is 0.410 e. The van der Waals surface area contributed by atoms with Crippen LogP contribution in [0, 0.1) is 16.6 Å². The Morgan fingerprint density at radius 1 is 1.39 bits per heavy atom. The third-order valence-electron chi connectivity index (χ3n) is 6.21. The Morgan fingerprint density at radius 2 is 2.18 bits per heavy atom. The molecule has 3 fully saturated rings. The first-order valence-corrected chi connectivity index (χ1v) is 10.6. The van der Waals surface area contributed by atoms with Crippen molar-refractivity contribution in [1.29, 1.82) is 0 Å². The Labute approximate surface area is 188 Å². The number of carbonyl (C=O) groups excluding carboxylic acids is 2. The minimum atomic E-state index is -1.42. The van der Waals surface area contributed by atoms with Gasteiger partial charge in [0, 0.05) is 32.7 Å². The number of pyridine rings is 1. The second kappa shape index (κ2) is 9.49.